The molecular weight excluding hydrogens is 360 g/mol. The van der Waals surface area contributed by atoms with Crippen LogP contribution in [0, 0.1) is 0 Å². The summed E-state index contributed by atoms with van der Waals surface area (Å²) in [4.78, 5) is 23.0. The molecule has 0 bridgehead atoms. The fourth-order valence-electron chi connectivity index (χ4n) is 1.62. The average molecular weight is 370 g/mol. The lowest BCUT2D eigenvalue weighted by molar-refractivity contribution is 0.0698. The molecule has 3 N–H and O–H groups in total. The summed E-state index contributed by atoms with van der Waals surface area (Å²) in [7, 11) is 0. The Bertz CT molecular complexity index is 689. The van der Waals surface area contributed by atoms with E-state index in [2.05, 4.69) is 26.6 Å². The average Bonchev–Trinajstić information content (AvgIpc) is 2.43. The Kier molecular flexibility index (Phi) is 4.82. The van der Waals surface area contributed by atoms with Crippen molar-refractivity contribution in [2.24, 2.45) is 0 Å². The first kappa shape index (κ1) is 15.3. The van der Waals surface area contributed by atoms with Gasteiger partial charge in [0.15, 0.2) is 0 Å². The van der Waals surface area contributed by atoms with E-state index in [9.17, 15) is 9.59 Å². The third-order valence-electron chi connectivity index (χ3n) is 2.56. The maximum Gasteiger partial charge on any atom is 0.337 e. The van der Waals surface area contributed by atoms with Crippen LogP contribution in [0.4, 0.5) is 16.2 Å². The molecule has 0 aliphatic rings. The van der Waals surface area contributed by atoms with Gasteiger partial charge < -0.3 is 15.7 Å². The smallest absolute Gasteiger partial charge is 0.337 e. The number of nitrogens with one attached hydrogen (secondary N) is 2. The lowest BCUT2D eigenvalue weighted by Gasteiger charge is -2.10. The number of carbonyl (C=O) groups is 2. The number of carbonyl (C=O) groups excluding carboxylic acids is 1. The van der Waals surface area contributed by atoms with Gasteiger partial charge in [-0.2, -0.15) is 0 Å². The van der Waals surface area contributed by atoms with Crippen molar-refractivity contribution in [3.63, 3.8) is 0 Å². The lowest BCUT2D eigenvalue weighted by atomic mass is 10.2. The molecule has 0 aromatic heterocycles. The first-order chi connectivity index (χ1) is 9.95. The second-order valence-electron chi connectivity index (χ2n) is 4.08. The van der Waals surface area contributed by atoms with Gasteiger partial charge in [0.05, 0.1) is 11.3 Å². The zero-order valence-corrected chi connectivity index (χ0v) is 12.9. The van der Waals surface area contributed by atoms with E-state index < -0.39 is 12.0 Å². The van der Waals surface area contributed by atoms with Gasteiger partial charge in [-0.1, -0.05) is 27.5 Å². The van der Waals surface area contributed by atoms with E-state index in [0.29, 0.717) is 15.2 Å². The Labute approximate surface area is 134 Å². The minimum Gasteiger partial charge on any atom is -0.478 e. The van der Waals surface area contributed by atoms with Crippen molar-refractivity contribution < 1.29 is 14.7 Å². The van der Waals surface area contributed by atoms with Crippen LogP contribution in [-0.2, 0) is 0 Å². The molecule has 7 heteroatoms. The largest absolute Gasteiger partial charge is 0.478 e. The molecule has 0 saturated carbocycles. The quantitative estimate of drug-likeness (QED) is 0.748. The number of hydrogen-bond donors (Lipinski definition) is 3. The molecule has 0 fully saturated rings. The zero-order chi connectivity index (χ0) is 15.4. The van der Waals surface area contributed by atoms with Crippen LogP contribution in [0.25, 0.3) is 0 Å². The Morgan fingerprint density at radius 2 is 1.71 bits per heavy atom. The van der Waals surface area contributed by atoms with Crippen molar-refractivity contribution in [1.29, 1.82) is 0 Å². The fraction of sp³-hybridized carbons (Fsp3) is 0. The second-order valence-corrected chi connectivity index (χ2v) is 5.43. The van der Waals surface area contributed by atoms with E-state index in [1.807, 2.05) is 0 Å². The van der Waals surface area contributed by atoms with E-state index >= 15 is 0 Å². The molecule has 0 unspecified atom stereocenters. The van der Waals surface area contributed by atoms with Gasteiger partial charge in [0, 0.05) is 15.2 Å². The van der Waals surface area contributed by atoms with Gasteiger partial charge in [-0.3, -0.25) is 0 Å². The third-order valence-corrected chi connectivity index (χ3v) is 3.31. The van der Waals surface area contributed by atoms with Gasteiger partial charge in [-0.05, 0) is 42.5 Å². The standard InChI is InChI=1S/C14H10BrClN2O3/c15-8-1-6-12(11(7-8)13(19)20)18-14(21)17-10-4-2-9(16)3-5-10/h1-7H,(H,19,20)(H2,17,18,21). The predicted octanol–water partition coefficient (Wildman–Crippen LogP) is 4.44. The Morgan fingerprint density at radius 1 is 1.05 bits per heavy atom. The molecule has 2 rings (SSSR count). The number of aromatic carboxylic acids is 1. The molecule has 0 spiro atoms. The van der Waals surface area contributed by atoms with E-state index in [0.717, 1.165) is 0 Å². The van der Waals surface area contributed by atoms with Crippen molar-refractivity contribution in [1.82, 2.24) is 0 Å². The highest BCUT2D eigenvalue weighted by molar-refractivity contribution is 9.10. The van der Waals surface area contributed by atoms with Crippen molar-refractivity contribution in [2.75, 3.05) is 10.6 Å². The van der Waals surface area contributed by atoms with E-state index in [4.69, 9.17) is 16.7 Å². The SMILES string of the molecule is O=C(Nc1ccc(Cl)cc1)Nc1ccc(Br)cc1C(=O)O. The van der Waals surface area contributed by atoms with Crippen molar-refractivity contribution in [3.8, 4) is 0 Å². The minimum atomic E-state index is -1.13. The molecule has 0 aliphatic carbocycles. The fourth-order valence-corrected chi connectivity index (χ4v) is 2.11. The van der Waals surface area contributed by atoms with Crippen LogP contribution in [0.15, 0.2) is 46.9 Å². The number of rotatable bonds is 3. The maximum absolute atomic E-state index is 11.9. The molecule has 5 nitrogen and oxygen atoms in total. The van der Waals surface area contributed by atoms with Crippen molar-refractivity contribution in [2.45, 2.75) is 0 Å². The normalized spacial score (nSPS) is 10.0. The van der Waals surface area contributed by atoms with Gasteiger partial charge in [0.2, 0.25) is 0 Å². The third kappa shape index (κ3) is 4.21. The summed E-state index contributed by atoms with van der Waals surface area (Å²) in [6.07, 6.45) is 0. The molecule has 2 aromatic carbocycles. The number of benzene rings is 2. The summed E-state index contributed by atoms with van der Waals surface area (Å²) >= 11 is 8.94. The molecule has 21 heavy (non-hydrogen) atoms. The van der Waals surface area contributed by atoms with Crippen LogP contribution in [0.3, 0.4) is 0 Å². The van der Waals surface area contributed by atoms with Crippen LogP contribution in [0.2, 0.25) is 5.02 Å². The maximum atomic E-state index is 11.9. The molecular formula is C14H10BrClN2O3. The lowest BCUT2D eigenvalue weighted by Crippen LogP contribution is -2.21. The van der Waals surface area contributed by atoms with Crippen LogP contribution in [0.5, 0.6) is 0 Å². The Hall–Kier alpha value is -2.05. The summed E-state index contributed by atoms with van der Waals surface area (Å²) in [6, 6.07) is 10.6. The molecule has 0 heterocycles. The minimum absolute atomic E-state index is 0.00405. The number of carboxylic acids is 1. The molecule has 0 atom stereocenters. The summed E-state index contributed by atoms with van der Waals surface area (Å²) in [5, 5.41) is 14.8. The molecule has 2 amide bonds. The topological polar surface area (TPSA) is 78.4 Å². The highest BCUT2D eigenvalue weighted by Crippen LogP contribution is 2.21. The van der Waals surface area contributed by atoms with Crippen LogP contribution in [-0.4, -0.2) is 17.1 Å². The molecule has 0 aliphatic heterocycles. The Balaban J connectivity index is 2.12. The van der Waals surface area contributed by atoms with Gasteiger partial charge in [0.25, 0.3) is 0 Å². The number of carboxylic acid groups (broad SMARTS) is 1. The summed E-state index contributed by atoms with van der Waals surface area (Å²) in [5.41, 5.74) is 0.749. The first-order valence-corrected chi connectivity index (χ1v) is 6.99. The number of halogens is 2. The van der Waals surface area contributed by atoms with Crippen molar-refractivity contribution >= 4 is 50.9 Å². The summed E-state index contributed by atoms with van der Waals surface area (Å²) in [5.74, 6) is -1.13. The van der Waals surface area contributed by atoms with Gasteiger partial charge in [0.1, 0.15) is 0 Å². The molecule has 0 radical (unpaired) electrons. The monoisotopic (exact) mass is 368 g/mol. The van der Waals surface area contributed by atoms with E-state index in [-0.39, 0.29) is 11.3 Å². The molecule has 108 valence electrons. The molecule has 2 aromatic rings. The van der Waals surface area contributed by atoms with Crippen LogP contribution < -0.4 is 10.6 Å². The van der Waals surface area contributed by atoms with E-state index in [1.165, 1.54) is 12.1 Å². The Morgan fingerprint density at radius 3 is 2.33 bits per heavy atom. The summed E-state index contributed by atoms with van der Waals surface area (Å²) in [6.45, 7) is 0. The predicted molar refractivity (Wildman–Crippen MR) is 85.2 cm³/mol. The van der Waals surface area contributed by atoms with Gasteiger partial charge >= 0.3 is 12.0 Å². The number of hydrogen-bond acceptors (Lipinski definition) is 2. The van der Waals surface area contributed by atoms with Crippen LogP contribution in [0.1, 0.15) is 10.4 Å². The van der Waals surface area contributed by atoms with Gasteiger partial charge in [-0.15, -0.1) is 0 Å². The zero-order valence-electron chi connectivity index (χ0n) is 10.6. The van der Waals surface area contributed by atoms with E-state index in [1.54, 1.807) is 30.3 Å². The highest BCUT2D eigenvalue weighted by atomic mass is 79.9. The second kappa shape index (κ2) is 6.60. The van der Waals surface area contributed by atoms with Gasteiger partial charge in [-0.25, -0.2) is 9.59 Å². The first-order valence-electron chi connectivity index (χ1n) is 5.82. The number of amides is 2. The van der Waals surface area contributed by atoms with Crippen LogP contribution >= 0.6 is 27.5 Å². The highest BCUT2D eigenvalue weighted by Gasteiger charge is 2.13. The number of urea groups is 1. The number of anilines is 2. The molecule has 0 saturated heterocycles. The van der Waals surface area contributed by atoms with Crippen molar-refractivity contribution in [3.05, 3.63) is 57.5 Å². The summed E-state index contributed by atoms with van der Waals surface area (Å²) < 4.78 is 0.614.